The van der Waals surface area contributed by atoms with Crippen LogP contribution in [0.1, 0.15) is 11.8 Å². The molecule has 2 rings (SSSR count). The van der Waals surface area contributed by atoms with E-state index in [2.05, 4.69) is 0 Å². The molecule has 0 radical (unpaired) electrons. The summed E-state index contributed by atoms with van der Waals surface area (Å²) >= 11 is 0.960. The lowest BCUT2D eigenvalue weighted by Gasteiger charge is -2.22. The van der Waals surface area contributed by atoms with Crippen LogP contribution in [0, 0.1) is 11.3 Å². The predicted molar refractivity (Wildman–Crippen MR) is 80.1 cm³/mol. The van der Waals surface area contributed by atoms with Crippen molar-refractivity contribution < 1.29 is 8.42 Å². The van der Waals surface area contributed by atoms with Crippen molar-refractivity contribution in [3.05, 3.63) is 41.3 Å². The second kappa shape index (κ2) is 5.53. The highest BCUT2D eigenvalue weighted by Crippen LogP contribution is 2.29. The molecule has 7 heteroatoms. The van der Waals surface area contributed by atoms with Gasteiger partial charge in [0.25, 0.3) is 10.0 Å². The number of thiophene rings is 1. The average Bonchev–Trinajstić information content (AvgIpc) is 2.89. The number of rotatable bonds is 4. The van der Waals surface area contributed by atoms with Crippen LogP contribution < -0.4 is 10.0 Å². The maximum atomic E-state index is 12.6. The van der Waals surface area contributed by atoms with Gasteiger partial charge in [0.05, 0.1) is 5.69 Å². The molecule has 1 heterocycles. The number of anilines is 2. The first-order valence-corrected chi connectivity index (χ1v) is 8.13. The molecule has 0 aliphatic rings. The van der Waals surface area contributed by atoms with E-state index in [1.807, 2.05) is 6.07 Å². The maximum Gasteiger partial charge on any atom is 0.273 e. The first-order valence-electron chi connectivity index (χ1n) is 5.87. The quantitative estimate of drug-likeness (QED) is 0.879. The summed E-state index contributed by atoms with van der Waals surface area (Å²) in [5.41, 5.74) is 6.71. The normalized spacial score (nSPS) is 11.0. The molecule has 0 aliphatic heterocycles. The van der Waals surface area contributed by atoms with Gasteiger partial charge in [-0.25, -0.2) is 8.42 Å². The number of hydrogen-bond acceptors (Lipinski definition) is 5. The highest BCUT2D eigenvalue weighted by Gasteiger charge is 2.25. The van der Waals surface area contributed by atoms with E-state index in [-0.39, 0.29) is 10.8 Å². The summed E-state index contributed by atoms with van der Waals surface area (Å²) in [7, 11) is -3.67. The van der Waals surface area contributed by atoms with Crippen LogP contribution in [-0.2, 0) is 10.0 Å². The van der Waals surface area contributed by atoms with Gasteiger partial charge in [0.1, 0.15) is 15.2 Å². The lowest BCUT2D eigenvalue weighted by atomic mass is 10.3. The Bertz CT molecular complexity index is 760. The summed E-state index contributed by atoms with van der Waals surface area (Å²) in [6.45, 7) is 2.03. The van der Waals surface area contributed by atoms with Gasteiger partial charge in [-0.2, -0.15) is 5.26 Å². The number of nitrogens with zero attached hydrogens (tertiary/aromatic N) is 2. The van der Waals surface area contributed by atoms with Crippen molar-refractivity contribution >= 4 is 32.7 Å². The van der Waals surface area contributed by atoms with Crippen LogP contribution in [0.15, 0.2) is 40.6 Å². The van der Waals surface area contributed by atoms with E-state index >= 15 is 0 Å². The summed E-state index contributed by atoms with van der Waals surface area (Å²) in [5, 5.41) is 8.80. The Morgan fingerprint density at radius 3 is 2.65 bits per heavy atom. The summed E-state index contributed by atoms with van der Waals surface area (Å²) in [5.74, 6) is 0. The summed E-state index contributed by atoms with van der Waals surface area (Å²) < 4.78 is 26.6. The molecule has 0 aliphatic carbocycles. The fourth-order valence-electron chi connectivity index (χ4n) is 1.80. The van der Waals surface area contributed by atoms with Crippen LogP contribution in [0.25, 0.3) is 0 Å². The van der Waals surface area contributed by atoms with Crippen molar-refractivity contribution in [2.75, 3.05) is 16.6 Å². The van der Waals surface area contributed by atoms with Crippen LogP contribution in [0.5, 0.6) is 0 Å². The van der Waals surface area contributed by atoms with Gasteiger partial charge >= 0.3 is 0 Å². The molecule has 0 saturated heterocycles. The van der Waals surface area contributed by atoms with Gasteiger partial charge in [-0.3, -0.25) is 4.31 Å². The van der Waals surface area contributed by atoms with Gasteiger partial charge in [0.2, 0.25) is 0 Å². The maximum absolute atomic E-state index is 12.6. The minimum atomic E-state index is -3.67. The molecule has 2 aromatic rings. The highest BCUT2D eigenvalue weighted by atomic mass is 32.2. The van der Waals surface area contributed by atoms with Gasteiger partial charge in [0, 0.05) is 12.2 Å². The lowest BCUT2D eigenvalue weighted by molar-refractivity contribution is 0.594. The first-order chi connectivity index (χ1) is 9.48. The topological polar surface area (TPSA) is 87.2 Å². The van der Waals surface area contributed by atoms with Crippen molar-refractivity contribution in [1.82, 2.24) is 0 Å². The third kappa shape index (κ3) is 2.61. The molecular weight excluding hydrogens is 294 g/mol. The van der Waals surface area contributed by atoms with E-state index in [1.165, 1.54) is 16.4 Å². The smallest absolute Gasteiger partial charge is 0.273 e. The zero-order valence-corrected chi connectivity index (χ0v) is 12.4. The molecule has 1 aromatic carbocycles. The standard InChI is InChI=1S/C13H13N3O2S2/c1-2-16(11-5-3-4-10(15)8-11)20(17,18)13-7-6-12(9-14)19-13/h3-8H,2,15H2,1H3. The third-order valence-corrected chi connectivity index (χ3v) is 6.04. The van der Waals surface area contributed by atoms with Gasteiger partial charge < -0.3 is 5.73 Å². The van der Waals surface area contributed by atoms with Gasteiger partial charge in [-0.05, 0) is 37.3 Å². The molecule has 0 atom stereocenters. The Kier molecular flexibility index (Phi) is 3.97. The van der Waals surface area contributed by atoms with Crippen LogP contribution in [0.3, 0.4) is 0 Å². The number of nitrogen functional groups attached to an aromatic ring is 1. The van der Waals surface area contributed by atoms with Crippen molar-refractivity contribution in [3.63, 3.8) is 0 Å². The molecule has 1 aromatic heterocycles. The van der Waals surface area contributed by atoms with Crippen molar-refractivity contribution in [3.8, 4) is 6.07 Å². The lowest BCUT2D eigenvalue weighted by Crippen LogP contribution is -2.30. The Balaban J connectivity index is 2.48. The zero-order chi connectivity index (χ0) is 14.8. The number of sulfonamides is 1. The van der Waals surface area contributed by atoms with Crippen molar-refractivity contribution in [1.29, 1.82) is 5.26 Å². The molecule has 0 bridgehead atoms. The minimum Gasteiger partial charge on any atom is -0.399 e. The van der Waals surface area contributed by atoms with Crippen LogP contribution in [0.4, 0.5) is 11.4 Å². The van der Waals surface area contributed by atoms with Crippen molar-refractivity contribution in [2.24, 2.45) is 0 Å². The molecular formula is C13H13N3O2S2. The predicted octanol–water partition coefficient (Wildman–Crippen LogP) is 2.42. The molecule has 0 amide bonds. The van der Waals surface area contributed by atoms with E-state index < -0.39 is 10.0 Å². The Morgan fingerprint density at radius 2 is 2.10 bits per heavy atom. The largest absolute Gasteiger partial charge is 0.399 e. The minimum absolute atomic E-state index is 0.151. The van der Waals surface area contributed by atoms with Gasteiger partial charge in [-0.1, -0.05) is 6.07 Å². The number of nitriles is 1. The molecule has 2 N–H and O–H groups in total. The zero-order valence-electron chi connectivity index (χ0n) is 10.8. The summed E-state index contributed by atoms with van der Waals surface area (Å²) in [6.07, 6.45) is 0. The fourth-order valence-corrected chi connectivity index (χ4v) is 4.48. The number of hydrogen-bond donors (Lipinski definition) is 1. The Hall–Kier alpha value is -2.04. The fraction of sp³-hybridized carbons (Fsp3) is 0.154. The van der Waals surface area contributed by atoms with Gasteiger partial charge in [-0.15, -0.1) is 11.3 Å². The molecule has 5 nitrogen and oxygen atoms in total. The second-order valence-electron chi connectivity index (χ2n) is 4.00. The van der Waals surface area contributed by atoms with E-state index in [0.29, 0.717) is 16.3 Å². The summed E-state index contributed by atoms with van der Waals surface area (Å²) in [4.78, 5) is 0.368. The third-order valence-electron chi connectivity index (χ3n) is 2.68. The molecule has 0 spiro atoms. The summed E-state index contributed by atoms with van der Waals surface area (Å²) in [6, 6.07) is 11.6. The molecule has 0 fully saturated rings. The SMILES string of the molecule is CCN(c1cccc(N)c1)S(=O)(=O)c1ccc(C#N)s1. The monoisotopic (exact) mass is 307 g/mol. The van der Waals surface area contributed by atoms with Crippen molar-refractivity contribution in [2.45, 2.75) is 11.1 Å². The molecule has 20 heavy (non-hydrogen) atoms. The van der Waals surface area contributed by atoms with Crippen LogP contribution >= 0.6 is 11.3 Å². The number of nitrogens with two attached hydrogens (primary N) is 1. The second-order valence-corrected chi connectivity index (χ2v) is 7.17. The van der Waals surface area contributed by atoms with E-state index in [4.69, 9.17) is 11.0 Å². The first kappa shape index (κ1) is 14.4. The Labute approximate surface area is 121 Å². The van der Waals surface area contributed by atoms with E-state index in [9.17, 15) is 8.42 Å². The number of benzene rings is 1. The van der Waals surface area contributed by atoms with E-state index in [0.717, 1.165) is 11.3 Å². The average molecular weight is 307 g/mol. The molecule has 0 unspecified atom stereocenters. The molecule has 104 valence electrons. The molecule has 0 saturated carbocycles. The van der Waals surface area contributed by atoms with E-state index in [1.54, 1.807) is 31.2 Å². The van der Waals surface area contributed by atoms with Crippen LogP contribution in [0.2, 0.25) is 0 Å². The van der Waals surface area contributed by atoms with Gasteiger partial charge in [0.15, 0.2) is 0 Å². The highest BCUT2D eigenvalue weighted by molar-refractivity contribution is 7.94. The van der Waals surface area contributed by atoms with Crippen LogP contribution in [-0.4, -0.2) is 15.0 Å². The Morgan fingerprint density at radius 1 is 1.35 bits per heavy atom.